The maximum Gasteiger partial charge on any atom is 0.254 e. The number of allylic oxidation sites excluding steroid dienone is 2. The van der Waals surface area contributed by atoms with Gasteiger partial charge in [0.15, 0.2) is 0 Å². The Hall–Kier alpha value is -13.9. The van der Waals surface area contributed by atoms with Crippen molar-refractivity contribution in [2.75, 3.05) is 112 Å². The smallest absolute Gasteiger partial charge is 0.254 e. The predicted molar refractivity (Wildman–Crippen MR) is 592 cm³/mol. The molecule has 11 aromatic heterocycles. The molecule has 0 N–H and O–H groups in total. The molecule has 2 aliphatic carbocycles. The first-order valence-corrected chi connectivity index (χ1v) is 53.2. The van der Waals surface area contributed by atoms with Crippen LogP contribution in [0.2, 0.25) is 25.1 Å². The number of rotatable bonds is 20. The molecule has 7 aliphatic rings. The van der Waals surface area contributed by atoms with Crippen LogP contribution in [0.1, 0.15) is 105 Å². The SMILES string of the molecule is Cc1cc2nc(-c3ccc(Cl)cc3)c(CN3CCOCC3)n2cc1-c1ccccc1.Clc1ccc(-c2nc3ccc(-c4ccccc4)cn3c2CN2CCn3ncnc3C2)cc1.Clc1ccc(-c2nc3ccc(C4=CCCC4)cn3c2CN2CCOCC2)cc1.N#Cc1ccc2nc(-c3ccc(Cl)cc3)c(CN3CCOCC3)n2c1.O=C(c1cccc(F)c1)N1CCN(Cc2c(-c3ccc(Cl)cc3)nc3ccc(C4CC4)cn23)CC1. The van der Waals surface area contributed by atoms with Gasteiger partial charge in [0, 0.05) is 200 Å². The fourth-order valence-corrected chi connectivity index (χ4v) is 21.3. The standard InChI is InChI=1S/C28H26ClFN4O.C25H21ClN6.C25H24ClN3O.C23H24ClN3O.C19H17ClN4O/c29-23-9-6-20(7-10-23)27-25(34-17-22(19-4-5-19)8-11-26(34)31-27)18-32-12-14-33(15-13-32)28(35)21-2-1-3-24(30)16-21;26-21-9-6-19(7-10-21)25-22(15-30-12-13-32-24(16-30)27-17-28-32)31-14-20(8-11-23(31)29-25)18-4-2-1-3-5-18;1-18-15-24-27-25(20-7-9-21(26)10-8-20)23(17-28-11-13-30-14-12-28)29(24)16-22(18)19-5-3-2-4-6-19;24-20-8-5-18(6-9-20)23-21(16-26-11-13-28-14-12-26)27-15-19(7-10-22(27)25-23)17-3-1-2-4-17;20-16-4-2-15(3-5-16)19-17(13-23-7-9-25-10-8-23)24-12-14(11-21)1-6-18(24)22-19/h1-3,6-11,16-17,19H,4-5,12-15,18H2;1-11,14,17H,12-13,15-16H2;2-10,15-16H,11-14,17H2,1H3;3,5-10,15H,1-2,4,11-14,16H2;1-6,12H,7-10,13H2. The van der Waals surface area contributed by atoms with Gasteiger partial charge in [-0.05, 0) is 211 Å². The van der Waals surface area contributed by atoms with Crippen molar-refractivity contribution >= 4 is 97.7 Å². The zero-order chi connectivity index (χ0) is 102. The molecule has 1 saturated carbocycles. The summed E-state index contributed by atoms with van der Waals surface area (Å²) >= 11 is 30.6. The number of amides is 1. The van der Waals surface area contributed by atoms with Gasteiger partial charge in [-0.15, -0.1) is 0 Å². The zero-order valence-corrected chi connectivity index (χ0v) is 87.1. The minimum Gasteiger partial charge on any atom is -0.379 e. The molecule has 150 heavy (non-hydrogen) atoms. The molecule has 8 aromatic carbocycles. The topological polar surface area (TPSA) is 205 Å². The van der Waals surface area contributed by atoms with Crippen LogP contribution >= 0.6 is 58.0 Å². The van der Waals surface area contributed by atoms with E-state index in [1.165, 1.54) is 94.6 Å². The highest BCUT2D eigenvalue weighted by Crippen LogP contribution is 2.42. The van der Waals surface area contributed by atoms with E-state index in [0.717, 1.165) is 272 Å². The Kier molecular flexibility index (Phi) is 31.1. The Morgan fingerprint density at radius 1 is 0.387 bits per heavy atom. The molecule has 26 rings (SSSR count). The van der Waals surface area contributed by atoms with Crippen molar-refractivity contribution in [2.24, 2.45) is 0 Å². The van der Waals surface area contributed by atoms with Crippen LogP contribution in [-0.4, -0.2) is 209 Å². The number of halogens is 6. The quantitative estimate of drug-likeness (QED) is 0.0695. The van der Waals surface area contributed by atoms with E-state index in [2.05, 4.69) is 217 Å². The van der Waals surface area contributed by atoms with Gasteiger partial charge in [-0.3, -0.25) is 29.3 Å². The second-order valence-corrected chi connectivity index (χ2v) is 41.1. The number of ether oxygens (including phenoxy) is 3. The van der Waals surface area contributed by atoms with Crippen LogP contribution in [0.3, 0.4) is 0 Å². The monoisotopic (exact) mass is 2090 g/mol. The predicted octanol–water partition coefficient (Wildman–Crippen LogP) is 24.4. The fourth-order valence-electron chi connectivity index (χ4n) is 20.6. The summed E-state index contributed by atoms with van der Waals surface area (Å²) in [5.74, 6) is 1.16. The Morgan fingerprint density at radius 2 is 0.787 bits per heavy atom. The molecule has 4 saturated heterocycles. The summed E-state index contributed by atoms with van der Waals surface area (Å²) in [6, 6.07) is 87.3. The van der Waals surface area contributed by atoms with Crippen LogP contribution in [0.4, 0.5) is 4.39 Å². The maximum absolute atomic E-state index is 13.6. The molecule has 0 unspecified atom stereocenters. The van der Waals surface area contributed by atoms with Gasteiger partial charge < -0.3 is 41.1 Å². The molecule has 0 spiro atoms. The molecule has 24 nitrogen and oxygen atoms in total. The normalized spacial score (nSPS) is 15.8. The number of morpholine rings is 3. The first-order chi connectivity index (χ1) is 73.5. The number of carbonyl (C=O) groups is 1. The van der Waals surface area contributed by atoms with E-state index < -0.39 is 0 Å². The largest absolute Gasteiger partial charge is 0.379 e. The summed E-state index contributed by atoms with van der Waals surface area (Å²) in [4.78, 5) is 55.9. The highest BCUT2D eigenvalue weighted by molar-refractivity contribution is 6.32. The van der Waals surface area contributed by atoms with Gasteiger partial charge in [-0.25, -0.2) is 39.0 Å². The highest BCUT2D eigenvalue weighted by atomic mass is 35.5. The summed E-state index contributed by atoms with van der Waals surface area (Å²) < 4.78 is 43.1. The second-order valence-electron chi connectivity index (χ2n) is 38.9. The van der Waals surface area contributed by atoms with E-state index in [9.17, 15) is 14.4 Å². The Morgan fingerprint density at radius 3 is 1.24 bits per heavy atom. The summed E-state index contributed by atoms with van der Waals surface area (Å²) in [5.41, 5.74) is 32.0. The molecule has 30 heteroatoms. The van der Waals surface area contributed by atoms with E-state index in [1.54, 1.807) is 24.5 Å². The van der Waals surface area contributed by atoms with Gasteiger partial charge >= 0.3 is 0 Å². The van der Waals surface area contributed by atoms with Crippen molar-refractivity contribution in [3.05, 3.63) is 397 Å². The van der Waals surface area contributed by atoms with Crippen LogP contribution in [0.25, 0.3) is 112 Å². The number of nitrogens with zero attached hydrogens (tertiary/aromatic N) is 20. The minimum absolute atomic E-state index is 0.116. The van der Waals surface area contributed by atoms with Crippen LogP contribution < -0.4 is 0 Å². The van der Waals surface area contributed by atoms with Crippen LogP contribution in [0.15, 0.2) is 304 Å². The number of aryl methyl sites for hydroxylation is 1. The molecular weight excluding hydrogens is 1980 g/mol. The number of carbonyl (C=O) groups excluding carboxylic acids is 1. The number of fused-ring (bicyclic) bond motifs is 6. The number of benzene rings is 8. The molecule has 5 fully saturated rings. The number of nitriles is 1. The number of pyridine rings is 5. The van der Waals surface area contributed by atoms with Crippen LogP contribution in [0, 0.1) is 24.1 Å². The average molecular weight is 2090 g/mol. The van der Waals surface area contributed by atoms with Gasteiger partial charge in [0.25, 0.3) is 5.91 Å². The van der Waals surface area contributed by atoms with Gasteiger partial charge in [0.1, 0.15) is 52.3 Å². The van der Waals surface area contributed by atoms with Crippen molar-refractivity contribution in [2.45, 2.75) is 90.8 Å². The molecule has 758 valence electrons. The summed E-state index contributed by atoms with van der Waals surface area (Å²) in [6.07, 6.45) is 20.9. The highest BCUT2D eigenvalue weighted by Gasteiger charge is 2.32. The number of hydrogen-bond donors (Lipinski definition) is 0. The first-order valence-electron chi connectivity index (χ1n) is 51.3. The van der Waals surface area contributed by atoms with Gasteiger partial charge in [0.2, 0.25) is 0 Å². The lowest BCUT2D eigenvalue weighted by atomic mass is 10.0. The van der Waals surface area contributed by atoms with Crippen molar-refractivity contribution < 1.29 is 23.4 Å². The number of aromatic nitrogens is 13. The van der Waals surface area contributed by atoms with E-state index in [1.807, 2.05) is 129 Å². The molecule has 0 radical (unpaired) electrons. The molecule has 19 aromatic rings. The van der Waals surface area contributed by atoms with Gasteiger partial charge in [-0.1, -0.05) is 198 Å². The molecule has 1 amide bonds. The Labute approximate surface area is 895 Å². The molecule has 16 heterocycles. The first kappa shape index (κ1) is 101. The Bertz CT molecular complexity index is 8080. The lowest BCUT2D eigenvalue weighted by Gasteiger charge is -2.34. The third-order valence-corrected chi connectivity index (χ3v) is 30.2. The van der Waals surface area contributed by atoms with E-state index >= 15 is 0 Å². The summed E-state index contributed by atoms with van der Waals surface area (Å²) in [5, 5.41) is 17.2. The third-order valence-electron chi connectivity index (χ3n) is 28.9. The third kappa shape index (κ3) is 23.3. The van der Waals surface area contributed by atoms with Gasteiger partial charge in [0.05, 0.1) is 115 Å². The second kappa shape index (κ2) is 46.3. The number of imidazole rings is 5. The molecular formula is C120H112Cl5FN20O4. The summed E-state index contributed by atoms with van der Waals surface area (Å²) in [6.45, 7) is 21.6. The molecule has 0 atom stereocenters. The van der Waals surface area contributed by atoms with Crippen molar-refractivity contribution in [1.82, 2.24) is 91.1 Å². The van der Waals surface area contributed by atoms with E-state index in [0.29, 0.717) is 40.2 Å². The lowest BCUT2D eigenvalue weighted by molar-refractivity contribution is 0.0335. The van der Waals surface area contributed by atoms with Crippen LogP contribution in [-0.2, 0) is 60.0 Å². The molecule has 5 aliphatic heterocycles. The summed E-state index contributed by atoms with van der Waals surface area (Å²) in [7, 11) is 0. The molecule has 0 bridgehead atoms. The van der Waals surface area contributed by atoms with E-state index in [-0.39, 0.29) is 11.7 Å². The van der Waals surface area contributed by atoms with Crippen molar-refractivity contribution in [3.63, 3.8) is 0 Å². The zero-order valence-electron chi connectivity index (χ0n) is 83.3. The van der Waals surface area contributed by atoms with Crippen molar-refractivity contribution in [3.8, 4) is 84.6 Å². The van der Waals surface area contributed by atoms with E-state index in [4.69, 9.17) is 97.1 Å². The number of piperazine rings is 1. The average Bonchev–Trinajstić information content (AvgIpc) is 1.63. The minimum atomic E-state index is -0.387. The lowest BCUT2D eigenvalue weighted by Crippen LogP contribution is -2.48. The van der Waals surface area contributed by atoms with Crippen molar-refractivity contribution in [1.29, 1.82) is 5.26 Å². The number of hydrogen-bond acceptors (Lipinski definition) is 17. The van der Waals surface area contributed by atoms with Gasteiger partial charge in [-0.2, -0.15) is 10.4 Å². The maximum atomic E-state index is 13.6. The van der Waals surface area contributed by atoms with Crippen LogP contribution in [0.5, 0.6) is 0 Å². The fraction of sp³-hybridized carbons (Fsp3) is 0.258. The Balaban J connectivity index is 0.000000106.